The van der Waals surface area contributed by atoms with Crippen LogP contribution >= 0.6 is 0 Å². The molecule has 2 heterocycles. The molecule has 0 fully saturated rings. The zero-order valence-corrected chi connectivity index (χ0v) is 12.5. The molecule has 0 aliphatic carbocycles. The van der Waals surface area contributed by atoms with Gasteiger partial charge in [-0.15, -0.1) is 0 Å². The second-order valence-electron chi connectivity index (χ2n) is 5.26. The first kappa shape index (κ1) is 15.1. The number of carbonyl (C=O) groups is 1. The van der Waals surface area contributed by atoms with E-state index in [1.54, 1.807) is 54.2 Å². The van der Waals surface area contributed by atoms with Crippen molar-refractivity contribution in [3.63, 3.8) is 0 Å². The number of aromatic nitrogens is 1. The lowest BCUT2D eigenvalue weighted by molar-refractivity contribution is 0.0909. The number of aryl methyl sites for hydroxylation is 1. The number of hydrogen-bond donors (Lipinski definition) is 2. The van der Waals surface area contributed by atoms with Gasteiger partial charge in [0.05, 0.1) is 0 Å². The van der Waals surface area contributed by atoms with Gasteiger partial charge in [0.2, 0.25) is 0 Å². The summed E-state index contributed by atoms with van der Waals surface area (Å²) in [4.78, 5) is 24.1. The minimum absolute atomic E-state index is 0.00293. The Morgan fingerprint density at radius 3 is 2.83 bits per heavy atom. The summed E-state index contributed by atoms with van der Waals surface area (Å²) in [6, 6.07) is 12.0. The second kappa shape index (κ2) is 6.10. The summed E-state index contributed by atoms with van der Waals surface area (Å²) in [5.41, 5.74) is 0.325. The molecule has 0 saturated carbocycles. The zero-order chi connectivity index (χ0) is 16.4. The van der Waals surface area contributed by atoms with Crippen molar-refractivity contribution in [1.82, 2.24) is 9.88 Å². The normalized spacial score (nSPS) is 12.3. The summed E-state index contributed by atoms with van der Waals surface area (Å²) in [7, 11) is 1.80. The largest absolute Gasteiger partial charge is 0.422 e. The number of rotatable bonds is 4. The maximum absolute atomic E-state index is 12.2. The number of amides is 1. The molecule has 0 saturated heterocycles. The predicted molar refractivity (Wildman–Crippen MR) is 85.2 cm³/mol. The van der Waals surface area contributed by atoms with Gasteiger partial charge in [-0.25, -0.2) is 4.79 Å². The van der Waals surface area contributed by atoms with E-state index in [9.17, 15) is 14.7 Å². The van der Waals surface area contributed by atoms with Crippen LogP contribution in [0.5, 0.6) is 0 Å². The van der Waals surface area contributed by atoms with Gasteiger partial charge in [-0.3, -0.25) is 4.79 Å². The Morgan fingerprint density at radius 2 is 2.09 bits per heavy atom. The molecule has 2 aromatic heterocycles. The van der Waals surface area contributed by atoms with Gasteiger partial charge in [-0.05, 0) is 24.3 Å². The molecule has 6 heteroatoms. The number of benzene rings is 1. The average Bonchev–Trinajstić information content (AvgIpc) is 2.97. The smallest absolute Gasteiger partial charge is 0.349 e. The van der Waals surface area contributed by atoms with Crippen LogP contribution in [0.1, 0.15) is 22.2 Å². The van der Waals surface area contributed by atoms with Gasteiger partial charge in [0.1, 0.15) is 17.3 Å². The molecule has 0 spiro atoms. The fraction of sp³-hybridized carbons (Fsp3) is 0.176. The molecule has 0 radical (unpaired) electrons. The number of carbonyl (C=O) groups excluding carboxylic acids is 1. The fourth-order valence-corrected chi connectivity index (χ4v) is 2.43. The highest BCUT2D eigenvalue weighted by molar-refractivity contribution is 5.96. The fourth-order valence-electron chi connectivity index (χ4n) is 2.43. The van der Waals surface area contributed by atoms with E-state index in [-0.39, 0.29) is 12.1 Å². The standard InChI is InChI=1S/C17H16N2O4/c1-19-8-4-6-13(19)14(20)10-18-16(21)12-9-11-5-2-3-7-15(11)23-17(12)22/h2-9,14,20H,10H2,1H3,(H,18,21). The number of aliphatic hydroxyl groups is 1. The molecule has 6 nitrogen and oxygen atoms in total. The number of hydrogen-bond acceptors (Lipinski definition) is 4. The number of fused-ring (bicyclic) bond motifs is 1. The number of aliphatic hydroxyl groups excluding tert-OH is 1. The van der Waals surface area contributed by atoms with Gasteiger partial charge >= 0.3 is 5.63 Å². The Kier molecular flexibility index (Phi) is 3.99. The van der Waals surface area contributed by atoms with Crippen LogP contribution in [0.4, 0.5) is 0 Å². The van der Waals surface area contributed by atoms with Crippen LogP contribution in [0.2, 0.25) is 0 Å². The first-order valence-electron chi connectivity index (χ1n) is 7.16. The van der Waals surface area contributed by atoms with Crippen molar-refractivity contribution in [3.05, 3.63) is 70.3 Å². The lowest BCUT2D eigenvalue weighted by Crippen LogP contribution is -2.32. The molecular formula is C17H16N2O4. The van der Waals surface area contributed by atoms with Crippen molar-refractivity contribution in [3.8, 4) is 0 Å². The predicted octanol–water partition coefficient (Wildman–Crippen LogP) is 1.59. The van der Waals surface area contributed by atoms with Crippen molar-refractivity contribution in [2.24, 2.45) is 7.05 Å². The highest BCUT2D eigenvalue weighted by Crippen LogP contribution is 2.14. The van der Waals surface area contributed by atoms with E-state index in [4.69, 9.17) is 4.42 Å². The van der Waals surface area contributed by atoms with Crippen LogP contribution in [-0.2, 0) is 7.05 Å². The molecule has 0 aliphatic rings. The monoisotopic (exact) mass is 312 g/mol. The van der Waals surface area contributed by atoms with E-state index in [1.807, 2.05) is 0 Å². The average molecular weight is 312 g/mol. The molecule has 1 aromatic carbocycles. The van der Waals surface area contributed by atoms with Gasteiger partial charge in [0.25, 0.3) is 5.91 Å². The third-order valence-corrected chi connectivity index (χ3v) is 3.67. The van der Waals surface area contributed by atoms with Crippen molar-refractivity contribution >= 4 is 16.9 Å². The summed E-state index contributed by atoms with van der Waals surface area (Å²) in [6.07, 6.45) is 0.949. The SMILES string of the molecule is Cn1cccc1C(O)CNC(=O)c1cc2ccccc2oc1=O. The summed E-state index contributed by atoms with van der Waals surface area (Å²) < 4.78 is 6.89. The second-order valence-corrected chi connectivity index (χ2v) is 5.26. The third kappa shape index (κ3) is 3.02. The van der Waals surface area contributed by atoms with Crippen molar-refractivity contribution in [1.29, 1.82) is 0 Å². The maximum atomic E-state index is 12.2. The molecule has 3 aromatic rings. The van der Waals surface area contributed by atoms with E-state index in [2.05, 4.69) is 5.32 Å². The van der Waals surface area contributed by atoms with E-state index in [0.717, 1.165) is 0 Å². The number of nitrogens with one attached hydrogen (secondary N) is 1. The lowest BCUT2D eigenvalue weighted by Gasteiger charge is -2.13. The molecule has 2 N–H and O–H groups in total. The summed E-state index contributed by atoms with van der Waals surface area (Å²) >= 11 is 0. The summed E-state index contributed by atoms with van der Waals surface area (Å²) in [5, 5.41) is 13.3. The molecular weight excluding hydrogens is 296 g/mol. The summed E-state index contributed by atoms with van der Waals surface area (Å²) in [6.45, 7) is 0.00293. The Labute approximate surface area is 132 Å². The minimum atomic E-state index is -0.855. The van der Waals surface area contributed by atoms with Crippen LogP contribution in [0.3, 0.4) is 0 Å². The van der Waals surface area contributed by atoms with Gasteiger partial charge < -0.3 is 19.4 Å². The number of nitrogens with zero attached hydrogens (tertiary/aromatic N) is 1. The third-order valence-electron chi connectivity index (χ3n) is 3.67. The van der Waals surface area contributed by atoms with Crippen LogP contribution in [0, 0.1) is 0 Å². The quantitative estimate of drug-likeness (QED) is 0.717. The molecule has 1 unspecified atom stereocenters. The molecule has 1 atom stereocenters. The Morgan fingerprint density at radius 1 is 1.30 bits per heavy atom. The van der Waals surface area contributed by atoms with Gasteiger partial charge in [0, 0.05) is 30.9 Å². The van der Waals surface area contributed by atoms with Crippen molar-refractivity contribution in [2.75, 3.05) is 6.54 Å². The molecule has 23 heavy (non-hydrogen) atoms. The first-order valence-corrected chi connectivity index (χ1v) is 7.16. The van der Waals surface area contributed by atoms with Crippen molar-refractivity contribution < 1.29 is 14.3 Å². The highest BCUT2D eigenvalue weighted by Gasteiger charge is 2.16. The van der Waals surface area contributed by atoms with Crippen LogP contribution in [-0.4, -0.2) is 22.1 Å². The number of para-hydroxylation sites is 1. The van der Waals surface area contributed by atoms with Gasteiger partial charge in [0.15, 0.2) is 0 Å². The molecule has 118 valence electrons. The molecule has 3 rings (SSSR count). The van der Waals surface area contributed by atoms with Gasteiger partial charge in [-0.1, -0.05) is 18.2 Å². The van der Waals surface area contributed by atoms with Crippen molar-refractivity contribution in [2.45, 2.75) is 6.10 Å². The van der Waals surface area contributed by atoms with Gasteiger partial charge in [-0.2, -0.15) is 0 Å². The minimum Gasteiger partial charge on any atom is -0.422 e. The van der Waals surface area contributed by atoms with Crippen LogP contribution in [0.15, 0.2) is 57.9 Å². The molecule has 1 amide bonds. The zero-order valence-electron chi connectivity index (χ0n) is 12.5. The van der Waals surface area contributed by atoms with E-state index >= 15 is 0 Å². The first-order chi connectivity index (χ1) is 11.1. The molecule has 0 bridgehead atoms. The van der Waals surface area contributed by atoms with Crippen LogP contribution < -0.4 is 10.9 Å². The maximum Gasteiger partial charge on any atom is 0.349 e. The highest BCUT2D eigenvalue weighted by atomic mass is 16.4. The Balaban J connectivity index is 1.77. The van der Waals surface area contributed by atoms with Crippen LogP contribution in [0.25, 0.3) is 11.0 Å². The Bertz CT molecular complexity index is 910. The lowest BCUT2D eigenvalue weighted by atomic mass is 10.1. The molecule has 0 aliphatic heterocycles. The Hall–Kier alpha value is -2.86. The summed E-state index contributed by atoms with van der Waals surface area (Å²) in [5.74, 6) is -0.572. The van der Waals surface area contributed by atoms with E-state index in [1.165, 1.54) is 6.07 Å². The van der Waals surface area contributed by atoms with E-state index < -0.39 is 17.6 Å². The topological polar surface area (TPSA) is 84.5 Å². The van der Waals surface area contributed by atoms with E-state index in [0.29, 0.717) is 16.7 Å².